The topological polar surface area (TPSA) is 77.4 Å². The second kappa shape index (κ2) is 9.81. The van der Waals surface area contributed by atoms with E-state index in [2.05, 4.69) is 43.4 Å². The molecule has 3 unspecified atom stereocenters. The number of hydrogen-bond donors (Lipinski definition) is 3. The summed E-state index contributed by atoms with van der Waals surface area (Å²) in [5, 5.41) is 21.0. The van der Waals surface area contributed by atoms with Crippen LogP contribution in [0.1, 0.15) is 29.6 Å². The number of aromatic hydroxyl groups is 2. The Morgan fingerprint density at radius 3 is 2.71 bits per heavy atom. The van der Waals surface area contributed by atoms with E-state index in [1.165, 1.54) is 0 Å². The molecular weight excluding hydrogens is 509 g/mol. The summed E-state index contributed by atoms with van der Waals surface area (Å²) in [6.45, 7) is 3.34. The third-order valence-electron chi connectivity index (χ3n) is 6.15. The van der Waals surface area contributed by atoms with Crippen molar-refractivity contribution in [1.29, 1.82) is 0 Å². The smallest absolute Gasteiger partial charge is 0.121 e. The Kier molecular flexibility index (Phi) is 7.10. The third-order valence-corrected chi connectivity index (χ3v) is 6.95. The molecule has 0 radical (unpaired) electrons. The highest BCUT2D eigenvalue weighted by Gasteiger charge is 2.29. The Morgan fingerprint density at radius 2 is 1.97 bits per heavy atom. The number of halogens is 1. The molecule has 31 heavy (non-hydrogen) atoms. The molecule has 3 atom stereocenters. The monoisotopic (exact) mass is 539 g/mol. The summed E-state index contributed by atoms with van der Waals surface area (Å²) in [7, 11) is 3.90. The molecule has 2 aromatic carbocycles. The molecule has 2 saturated heterocycles. The summed E-state index contributed by atoms with van der Waals surface area (Å²) in [6.07, 6.45) is 0.777. The number of benzene rings is 2. The molecular formula is C23H30IN3O4. The first-order chi connectivity index (χ1) is 15.0. The van der Waals surface area contributed by atoms with E-state index in [1.54, 1.807) is 12.1 Å². The van der Waals surface area contributed by atoms with Crippen molar-refractivity contribution in [2.75, 3.05) is 56.8 Å². The van der Waals surface area contributed by atoms with E-state index in [0.717, 1.165) is 42.1 Å². The van der Waals surface area contributed by atoms with Gasteiger partial charge < -0.3 is 29.5 Å². The second-order valence-corrected chi connectivity index (χ2v) is 9.03. The van der Waals surface area contributed by atoms with Crippen LogP contribution in [0.25, 0.3) is 0 Å². The van der Waals surface area contributed by atoms with Crippen molar-refractivity contribution in [1.82, 2.24) is 3.53 Å². The molecule has 3 N–H and O–H groups in total. The number of hydrogen-bond acceptors (Lipinski definition) is 7. The van der Waals surface area contributed by atoms with Gasteiger partial charge >= 0.3 is 0 Å². The molecule has 168 valence electrons. The number of ether oxygens (including phenoxy) is 2. The molecule has 4 rings (SSSR count). The second-order valence-electron chi connectivity index (χ2n) is 8.41. The fourth-order valence-corrected chi connectivity index (χ4v) is 5.11. The number of anilines is 2. The van der Waals surface area contributed by atoms with Gasteiger partial charge in [-0.1, -0.05) is 6.07 Å². The number of nitrogens with one attached hydrogen (secondary N) is 1. The molecule has 7 nitrogen and oxygen atoms in total. The van der Waals surface area contributed by atoms with Gasteiger partial charge in [0.1, 0.15) is 17.6 Å². The van der Waals surface area contributed by atoms with Crippen molar-refractivity contribution < 1.29 is 19.7 Å². The molecule has 8 heteroatoms. The Labute approximate surface area is 197 Å². The minimum absolute atomic E-state index is 0.133. The van der Waals surface area contributed by atoms with Gasteiger partial charge in [-0.3, -0.25) is 3.53 Å². The molecule has 2 heterocycles. The van der Waals surface area contributed by atoms with E-state index in [0.29, 0.717) is 25.5 Å². The van der Waals surface area contributed by atoms with Gasteiger partial charge in [-0.05, 0) is 30.2 Å². The Balaban J connectivity index is 1.53. The maximum atomic E-state index is 10.8. The Morgan fingerprint density at radius 1 is 1.13 bits per heavy atom. The van der Waals surface area contributed by atoms with Crippen molar-refractivity contribution in [3.8, 4) is 11.5 Å². The average Bonchev–Trinajstić information content (AvgIpc) is 2.78. The maximum Gasteiger partial charge on any atom is 0.121 e. The van der Waals surface area contributed by atoms with Crippen molar-refractivity contribution >= 4 is 34.2 Å². The molecule has 2 fully saturated rings. The Hall–Kier alpha value is -1.75. The van der Waals surface area contributed by atoms with Crippen molar-refractivity contribution in [3.05, 3.63) is 47.5 Å². The van der Waals surface area contributed by atoms with Crippen LogP contribution in [0.5, 0.6) is 11.5 Å². The largest absolute Gasteiger partial charge is 0.508 e. The predicted molar refractivity (Wildman–Crippen MR) is 131 cm³/mol. The van der Waals surface area contributed by atoms with Crippen LogP contribution in [0.15, 0.2) is 36.4 Å². The molecule has 2 aromatic rings. The van der Waals surface area contributed by atoms with E-state index in [1.807, 2.05) is 31.1 Å². The number of morpholine rings is 1. The summed E-state index contributed by atoms with van der Waals surface area (Å²) >= 11 is 2.19. The van der Waals surface area contributed by atoms with Crippen LogP contribution in [0.2, 0.25) is 0 Å². The zero-order valence-electron chi connectivity index (χ0n) is 17.9. The molecule has 2 aliphatic rings. The molecule has 0 spiro atoms. The van der Waals surface area contributed by atoms with E-state index < -0.39 is 0 Å². The van der Waals surface area contributed by atoms with Crippen LogP contribution < -0.4 is 13.3 Å². The fourth-order valence-electron chi connectivity index (χ4n) is 4.36. The molecule has 0 bridgehead atoms. The zero-order valence-corrected chi connectivity index (χ0v) is 20.1. The summed E-state index contributed by atoms with van der Waals surface area (Å²) in [5.41, 5.74) is 3.78. The van der Waals surface area contributed by atoms with Crippen molar-refractivity contribution in [2.24, 2.45) is 0 Å². The maximum absolute atomic E-state index is 10.8. The predicted octanol–water partition coefficient (Wildman–Crippen LogP) is 3.55. The summed E-state index contributed by atoms with van der Waals surface area (Å²) in [5.74, 6) is 0.672. The first kappa shape index (κ1) is 22.4. The number of nitrogens with zero attached hydrogens (tertiary/aromatic N) is 2. The molecule has 0 aromatic heterocycles. The van der Waals surface area contributed by atoms with Crippen LogP contribution in [-0.4, -0.2) is 63.3 Å². The lowest BCUT2D eigenvalue weighted by atomic mass is 9.88. The lowest BCUT2D eigenvalue weighted by molar-refractivity contribution is 0.0397. The quantitative estimate of drug-likeness (QED) is 0.397. The van der Waals surface area contributed by atoms with Crippen LogP contribution in [0, 0.1) is 0 Å². The first-order valence-electron chi connectivity index (χ1n) is 10.6. The van der Waals surface area contributed by atoms with Crippen LogP contribution >= 0.6 is 22.9 Å². The van der Waals surface area contributed by atoms with E-state index in [9.17, 15) is 10.2 Å². The lowest BCUT2D eigenvalue weighted by Gasteiger charge is -2.36. The highest BCUT2D eigenvalue weighted by molar-refractivity contribution is 14.1. The Bertz CT molecular complexity index is 910. The van der Waals surface area contributed by atoms with Gasteiger partial charge in [0.25, 0.3) is 0 Å². The van der Waals surface area contributed by atoms with Gasteiger partial charge in [0, 0.05) is 97.7 Å². The minimum atomic E-state index is -0.152. The van der Waals surface area contributed by atoms with E-state index in [-0.39, 0.29) is 23.8 Å². The summed E-state index contributed by atoms with van der Waals surface area (Å²) in [6, 6.07) is 11.8. The molecule has 0 amide bonds. The summed E-state index contributed by atoms with van der Waals surface area (Å²) < 4.78 is 15.0. The average molecular weight is 539 g/mol. The van der Waals surface area contributed by atoms with Gasteiger partial charge in [-0.15, -0.1) is 0 Å². The zero-order chi connectivity index (χ0) is 22.0. The van der Waals surface area contributed by atoms with Crippen LogP contribution in [0.4, 0.5) is 11.4 Å². The third kappa shape index (κ3) is 5.02. The normalized spacial score (nSPS) is 24.2. The first-order valence-corrected chi connectivity index (χ1v) is 11.7. The van der Waals surface area contributed by atoms with E-state index in [4.69, 9.17) is 9.47 Å². The van der Waals surface area contributed by atoms with Gasteiger partial charge in [0.15, 0.2) is 0 Å². The van der Waals surface area contributed by atoms with Gasteiger partial charge in [-0.2, -0.15) is 0 Å². The van der Waals surface area contributed by atoms with Gasteiger partial charge in [-0.25, -0.2) is 0 Å². The minimum Gasteiger partial charge on any atom is -0.508 e. The number of phenolic OH excluding ortho intramolecular Hbond substituents is 2. The number of rotatable bonds is 5. The fraction of sp³-hybridized carbons (Fsp3) is 0.478. The van der Waals surface area contributed by atoms with Crippen LogP contribution in [0.3, 0.4) is 0 Å². The molecule has 0 saturated carbocycles. The summed E-state index contributed by atoms with van der Waals surface area (Å²) in [4.78, 5) is 4.19. The standard InChI is InChI=1S/C23H30IN3O4/c1-26(2)17-9-15(10-18(28)11-17)23-13-27(6-8-31-23)16-3-4-19(22(29)12-16)20-14-30-7-5-21(20)25-24/h3-4,9-12,20-21,23,25,28-29H,5-8,13-14H2,1-2H3. The van der Waals surface area contributed by atoms with Crippen molar-refractivity contribution in [2.45, 2.75) is 24.5 Å². The van der Waals surface area contributed by atoms with Crippen molar-refractivity contribution in [3.63, 3.8) is 0 Å². The highest BCUT2D eigenvalue weighted by Crippen LogP contribution is 2.37. The van der Waals surface area contributed by atoms with Crippen LogP contribution in [-0.2, 0) is 9.47 Å². The molecule has 2 aliphatic heterocycles. The van der Waals surface area contributed by atoms with Gasteiger partial charge in [0.2, 0.25) is 0 Å². The number of phenols is 2. The SMILES string of the molecule is CN(C)c1cc(O)cc(C2CN(c3ccc(C4COCCC4NI)c(O)c3)CCO2)c1. The highest BCUT2D eigenvalue weighted by atomic mass is 127. The van der Waals surface area contributed by atoms with Gasteiger partial charge in [0.05, 0.1) is 13.2 Å². The lowest BCUT2D eigenvalue weighted by Crippen LogP contribution is -2.38. The van der Waals surface area contributed by atoms with E-state index >= 15 is 0 Å². The molecule has 0 aliphatic carbocycles.